The lowest BCUT2D eigenvalue weighted by Gasteiger charge is -2.34. The van der Waals surface area contributed by atoms with E-state index >= 15 is 0 Å². The van der Waals surface area contributed by atoms with Gasteiger partial charge in [0.1, 0.15) is 18.2 Å². The van der Waals surface area contributed by atoms with Crippen LogP contribution in [0.1, 0.15) is 36.7 Å². The van der Waals surface area contributed by atoms with Crippen LogP contribution < -0.4 is 14.2 Å². The van der Waals surface area contributed by atoms with Crippen LogP contribution in [0.3, 0.4) is 0 Å². The zero-order valence-corrected chi connectivity index (χ0v) is 19.7. The molecule has 1 fully saturated rings. The number of sulfonamides is 1. The maximum atomic E-state index is 13.0. The molecule has 1 unspecified atom stereocenters. The van der Waals surface area contributed by atoms with Crippen molar-refractivity contribution in [3.05, 3.63) is 47.5 Å². The maximum Gasteiger partial charge on any atom is 0.240 e. The number of aromatic nitrogens is 1. The molecule has 5 rings (SSSR count). The van der Waals surface area contributed by atoms with E-state index in [2.05, 4.69) is 4.72 Å². The molecule has 1 amide bonds. The van der Waals surface area contributed by atoms with Crippen LogP contribution in [-0.4, -0.2) is 50.5 Å². The molecule has 8 nitrogen and oxygen atoms in total. The van der Waals surface area contributed by atoms with E-state index in [9.17, 15) is 13.2 Å². The second-order valence-corrected chi connectivity index (χ2v) is 10.9. The third kappa shape index (κ3) is 4.68. The summed E-state index contributed by atoms with van der Waals surface area (Å²) in [6.45, 7) is 1.51. The summed E-state index contributed by atoms with van der Waals surface area (Å²) in [4.78, 5) is 19.7. The number of thiazole rings is 1. The topological polar surface area (TPSA) is 97.8 Å². The van der Waals surface area contributed by atoms with Gasteiger partial charge in [-0.2, -0.15) is 0 Å². The first-order valence-electron chi connectivity index (χ1n) is 11.1. The van der Waals surface area contributed by atoms with Gasteiger partial charge >= 0.3 is 0 Å². The van der Waals surface area contributed by atoms with E-state index in [-0.39, 0.29) is 29.8 Å². The Balaban J connectivity index is 1.24. The zero-order chi connectivity index (χ0) is 22.8. The van der Waals surface area contributed by atoms with E-state index in [0.717, 1.165) is 34.5 Å². The fourth-order valence-corrected chi connectivity index (χ4v) is 6.39. The van der Waals surface area contributed by atoms with Crippen LogP contribution in [0.5, 0.6) is 11.5 Å². The number of para-hydroxylation sites is 1. The monoisotopic (exact) mass is 487 g/mol. The number of piperidine rings is 1. The molecule has 0 spiro atoms. The van der Waals surface area contributed by atoms with Gasteiger partial charge in [0.25, 0.3) is 0 Å². The minimum atomic E-state index is -3.77. The van der Waals surface area contributed by atoms with Crippen molar-refractivity contribution in [2.75, 3.05) is 26.3 Å². The van der Waals surface area contributed by atoms with Crippen molar-refractivity contribution in [3.8, 4) is 11.5 Å². The molecule has 2 aromatic carbocycles. The number of nitrogens with one attached hydrogen (secondary N) is 1. The fraction of sp³-hybridized carbons (Fsp3) is 0.391. The molecule has 1 N–H and O–H groups in total. The van der Waals surface area contributed by atoms with Gasteiger partial charge in [-0.15, -0.1) is 11.3 Å². The summed E-state index contributed by atoms with van der Waals surface area (Å²) in [6, 6.07) is 12.4. The molecule has 0 bridgehead atoms. The average molecular weight is 488 g/mol. The van der Waals surface area contributed by atoms with Gasteiger partial charge in [-0.05, 0) is 43.5 Å². The molecule has 0 radical (unpaired) electrons. The van der Waals surface area contributed by atoms with Gasteiger partial charge in [0.05, 0.1) is 21.2 Å². The number of ether oxygens (including phenoxy) is 2. The third-order valence-electron chi connectivity index (χ3n) is 5.87. The van der Waals surface area contributed by atoms with Crippen molar-refractivity contribution in [2.45, 2.75) is 36.6 Å². The van der Waals surface area contributed by atoms with Crippen molar-refractivity contribution in [1.29, 1.82) is 0 Å². The minimum Gasteiger partial charge on any atom is -0.486 e. The average Bonchev–Trinajstić information content (AvgIpc) is 3.28. The van der Waals surface area contributed by atoms with Gasteiger partial charge in [0, 0.05) is 25.6 Å². The molecular weight excluding hydrogens is 462 g/mol. The first kappa shape index (κ1) is 22.1. The summed E-state index contributed by atoms with van der Waals surface area (Å²) in [5.41, 5.74) is 0.947. The van der Waals surface area contributed by atoms with Gasteiger partial charge in [-0.1, -0.05) is 12.1 Å². The standard InChI is InChI=1S/C23H25N3O5S2/c27-22(10-11-24-33(28,29)16-8-9-19-20(15-16)31-14-13-30-19)26-12-4-3-6-18(26)23-25-17-5-1-2-7-21(17)32-23/h1-2,5,7-9,15,18,24H,3-4,6,10-14H2. The maximum absolute atomic E-state index is 13.0. The molecule has 2 aliphatic heterocycles. The number of fused-ring (bicyclic) bond motifs is 2. The fourth-order valence-electron chi connectivity index (χ4n) is 4.23. The van der Waals surface area contributed by atoms with E-state index in [0.29, 0.717) is 31.3 Å². The van der Waals surface area contributed by atoms with Crippen molar-refractivity contribution in [3.63, 3.8) is 0 Å². The molecule has 1 atom stereocenters. The molecule has 174 valence electrons. The Morgan fingerprint density at radius 3 is 2.79 bits per heavy atom. The van der Waals surface area contributed by atoms with Crippen molar-refractivity contribution < 1.29 is 22.7 Å². The second kappa shape index (κ2) is 9.28. The lowest BCUT2D eigenvalue weighted by Crippen LogP contribution is -2.40. The smallest absolute Gasteiger partial charge is 0.240 e. The molecule has 3 aromatic rings. The third-order valence-corrected chi connectivity index (χ3v) is 8.47. The number of nitrogens with zero attached hydrogens (tertiary/aromatic N) is 2. The molecule has 2 aliphatic rings. The minimum absolute atomic E-state index is 0.0265. The molecular formula is C23H25N3O5S2. The SMILES string of the molecule is O=C(CCNS(=O)(=O)c1ccc2c(c1)OCCO2)N1CCCCC1c1nc2ccccc2s1. The predicted octanol–water partition coefficient (Wildman–Crippen LogP) is 3.49. The van der Waals surface area contributed by atoms with Crippen LogP contribution >= 0.6 is 11.3 Å². The molecule has 33 heavy (non-hydrogen) atoms. The number of benzene rings is 2. The number of amides is 1. The van der Waals surface area contributed by atoms with E-state index in [1.807, 2.05) is 29.2 Å². The Bertz CT molecular complexity index is 1240. The molecule has 3 heterocycles. The number of rotatable bonds is 6. The van der Waals surface area contributed by atoms with Gasteiger partial charge in [0.15, 0.2) is 11.5 Å². The second-order valence-electron chi connectivity index (χ2n) is 8.07. The summed E-state index contributed by atoms with van der Waals surface area (Å²) in [5.74, 6) is 0.873. The Hall–Kier alpha value is -2.69. The lowest BCUT2D eigenvalue weighted by atomic mass is 10.0. The summed E-state index contributed by atoms with van der Waals surface area (Å²) in [6.07, 6.45) is 2.94. The molecule has 0 saturated carbocycles. The lowest BCUT2D eigenvalue weighted by molar-refractivity contribution is -0.134. The highest BCUT2D eigenvalue weighted by molar-refractivity contribution is 7.89. The van der Waals surface area contributed by atoms with Crippen LogP contribution in [0.25, 0.3) is 10.2 Å². The highest BCUT2D eigenvalue weighted by atomic mass is 32.2. The molecule has 1 saturated heterocycles. The molecule has 0 aliphatic carbocycles. The van der Waals surface area contributed by atoms with Crippen LogP contribution in [0.4, 0.5) is 0 Å². The van der Waals surface area contributed by atoms with Gasteiger partial charge in [0.2, 0.25) is 15.9 Å². The quantitative estimate of drug-likeness (QED) is 0.572. The van der Waals surface area contributed by atoms with Crippen LogP contribution in [0.15, 0.2) is 47.4 Å². The van der Waals surface area contributed by atoms with Crippen molar-refractivity contribution >= 4 is 37.5 Å². The first-order valence-corrected chi connectivity index (χ1v) is 13.4. The van der Waals surface area contributed by atoms with Gasteiger partial charge in [-0.25, -0.2) is 18.1 Å². The number of carbonyl (C=O) groups is 1. The Labute approximate surface area is 196 Å². The summed E-state index contributed by atoms with van der Waals surface area (Å²) in [7, 11) is -3.77. The number of likely N-dealkylation sites (tertiary alicyclic amines) is 1. The number of carbonyl (C=O) groups excluding carboxylic acids is 1. The van der Waals surface area contributed by atoms with Crippen molar-refractivity contribution in [1.82, 2.24) is 14.6 Å². The first-order chi connectivity index (χ1) is 16.0. The van der Waals surface area contributed by atoms with E-state index < -0.39 is 10.0 Å². The highest BCUT2D eigenvalue weighted by Crippen LogP contribution is 2.36. The Kier molecular flexibility index (Phi) is 6.22. The molecule has 1 aromatic heterocycles. The van der Waals surface area contributed by atoms with Crippen LogP contribution in [0, 0.1) is 0 Å². The Morgan fingerprint density at radius 2 is 1.94 bits per heavy atom. The summed E-state index contributed by atoms with van der Waals surface area (Å²) < 4.78 is 40.0. The van der Waals surface area contributed by atoms with Crippen LogP contribution in [-0.2, 0) is 14.8 Å². The number of hydrogen-bond acceptors (Lipinski definition) is 7. The summed E-state index contributed by atoms with van der Waals surface area (Å²) >= 11 is 1.62. The van der Waals surface area contributed by atoms with E-state index in [1.165, 1.54) is 12.1 Å². The number of hydrogen-bond donors (Lipinski definition) is 1. The summed E-state index contributed by atoms with van der Waals surface area (Å²) in [5, 5.41) is 0.945. The van der Waals surface area contributed by atoms with E-state index in [1.54, 1.807) is 17.4 Å². The predicted molar refractivity (Wildman–Crippen MR) is 125 cm³/mol. The zero-order valence-electron chi connectivity index (χ0n) is 18.0. The van der Waals surface area contributed by atoms with E-state index in [4.69, 9.17) is 14.5 Å². The van der Waals surface area contributed by atoms with Gasteiger partial charge in [-0.3, -0.25) is 4.79 Å². The Morgan fingerprint density at radius 1 is 1.12 bits per heavy atom. The van der Waals surface area contributed by atoms with Crippen molar-refractivity contribution in [2.24, 2.45) is 0 Å². The largest absolute Gasteiger partial charge is 0.486 e. The molecule has 10 heteroatoms. The highest BCUT2D eigenvalue weighted by Gasteiger charge is 2.30. The van der Waals surface area contributed by atoms with Crippen LogP contribution in [0.2, 0.25) is 0 Å². The van der Waals surface area contributed by atoms with Gasteiger partial charge < -0.3 is 14.4 Å². The normalized spacial score (nSPS) is 18.4.